The molecular formula is C20H22O4. The molecule has 2 bridgehead atoms. The third kappa shape index (κ3) is 2.16. The molecular weight excluding hydrogens is 304 g/mol. The zero-order valence-corrected chi connectivity index (χ0v) is 14.3. The lowest BCUT2D eigenvalue weighted by atomic mass is 9.86. The zero-order valence-electron chi connectivity index (χ0n) is 14.3. The Morgan fingerprint density at radius 3 is 2.62 bits per heavy atom. The number of rotatable bonds is 2. The van der Waals surface area contributed by atoms with Gasteiger partial charge in [0.15, 0.2) is 0 Å². The Bertz CT molecular complexity index is 837. The number of benzene rings is 2. The third-order valence-corrected chi connectivity index (χ3v) is 5.31. The van der Waals surface area contributed by atoms with Crippen LogP contribution >= 0.6 is 0 Å². The largest absolute Gasteiger partial charge is 0.514 e. The molecule has 4 heteroatoms. The topological polar surface area (TPSA) is 55.8 Å². The molecule has 2 unspecified atom stereocenters. The van der Waals surface area contributed by atoms with Gasteiger partial charge in [0.1, 0.15) is 11.5 Å². The van der Waals surface area contributed by atoms with E-state index in [1.165, 1.54) is 0 Å². The average molecular weight is 326 g/mol. The zero-order chi connectivity index (χ0) is 17.0. The molecule has 0 radical (unpaired) electrons. The number of ether oxygens (including phenoxy) is 2. The molecule has 2 aliphatic rings. The Morgan fingerprint density at radius 2 is 1.92 bits per heavy atom. The fourth-order valence-electron chi connectivity index (χ4n) is 4.43. The summed E-state index contributed by atoms with van der Waals surface area (Å²) in [7, 11) is 0. The minimum absolute atomic E-state index is 0.230. The number of aryl methyl sites for hydroxylation is 1. The van der Waals surface area contributed by atoms with Gasteiger partial charge in [0.25, 0.3) is 0 Å². The van der Waals surface area contributed by atoms with Gasteiger partial charge in [-0.15, -0.1) is 0 Å². The number of carbonyl (C=O) groups is 1. The number of phenols is 1. The highest BCUT2D eigenvalue weighted by atomic mass is 16.7. The average Bonchev–Trinajstić information content (AvgIpc) is 3.12. The van der Waals surface area contributed by atoms with E-state index < -0.39 is 6.16 Å². The van der Waals surface area contributed by atoms with E-state index in [1.807, 2.05) is 25.1 Å². The van der Waals surface area contributed by atoms with Crippen molar-refractivity contribution in [2.24, 2.45) is 0 Å². The summed E-state index contributed by atoms with van der Waals surface area (Å²) in [5.74, 6) is 1.69. The highest BCUT2D eigenvalue weighted by Crippen LogP contribution is 2.61. The summed E-state index contributed by atoms with van der Waals surface area (Å²) in [6.07, 6.45) is 2.31. The summed E-state index contributed by atoms with van der Waals surface area (Å²) in [6, 6.07) is 5.79. The van der Waals surface area contributed by atoms with Gasteiger partial charge in [0.05, 0.1) is 6.10 Å². The van der Waals surface area contributed by atoms with E-state index in [9.17, 15) is 9.90 Å². The van der Waals surface area contributed by atoms with Crippen molar-refractivity contribution >= 4 is 16.9 Å². The first-order chi connectivity index (χ1) is 11.5. The minimum Gasteiger partial charge on any atom is -0.507 e. The Labute approximate surface area is 141 Å². The van der Waals surface area contributed by atoms with Gasteiger partial charge in [-0.05, 0) is 57.4 Å². The van der Waals surface area contributed by atoms with E-state index in [4.69, 9.17) is 9.47 Å². The van der Waals surface area contributed by atoms with Crippen LogP contribution in [0.2, 0.25) is 0 Å². The van der Waals surface area contributed by atoms with Crippen molar-refractivity contribution in [3.8, 4) is 11.5 Å². The maximum atomic E-state index is 12.2. The lowest BCUT2D eigenvalue weighted by Gasteiger charge is -2.23. The molecule has 0 spiro atoms. The van der Waals surface area contributed by atoms with Crippen LogP contribution in [0.25, 0.3) is 10.8 Å². The lowest BCUT2D eigenvalue weighted by Crippen LogP contribution is -2.17. The van der Waals surface area contributed by atoms with Crippen molar-refractivity contribution in [2.75, 3.05) is 0 Å². The molecule has 1 fully saturated rings. The molecule has 0 aliphatic heterocycles. The van der Waals surface area contributed by atoms with Gasteiger partial charge in [-0.2, -0.15) is 0 Å². The summed E-state index contributed by atoms with van der Waals surface area (Å²) in [6.45, 7) is 5.57. The van der Waals surface area contributed by atoms with Gasteiger partial charge >= 0.3 is 6.16 Å². The minimum atomic E-state index is -0.676. The molecule has 2 atom stereocenters. The number of aromatic hydroxyl groups is 1. The number of hydrogen-bond acceptors (Lipinski definition) is 4. The Hall–Kier alpha value is -2.23. The summed E-state index contributed by atoms with van der Waals surface area (Å²) in [4.78, 5) is 12.2. The molecule has 2 aromatic carbocycles. The van der Waals surface area contributed by atoms with Gasteiger partial charge < -0.3 is 14.6 Å². The standard InChI is InChI=1S/C20H22O4/c1-10(2)23-20(22)24-19-15-11(3)5-4-6-14(15)18(21)16-12-7-8-13(9-12)17(16)19/h4-6,10,12-13,21H,7-9H2,1-3H3. The van der Waals surface area contributed by atoms with Crippen LogP contribution in [0, 0.1) is 6.92 Å². The summed E-state index contributed by atoms with van der Waals surface area (Å²) >= 11 is 0. The third-order valence-electron chi connectivity index (χ3n) is 5.31. The molecule has 24 heavy (non-hydrogen) atoms. The van der Waals surface area contributed by atoms with E-state index in [2.05, 4.69) is 0 Å². The van der Waals surface area contributed by atoms with E-state index >= 15 is 0 Å². The van der Waals surface area contributed by atoms with Crippen LogP contribution in [-0.4, -0.2) is 17.4 Å². The molecule has 0 amide bonds. The van der Waals surface area contributed by atoms with Crippen molar-refractivity contribution < 1.29 is 19.4 Å². The second-order valence-corrected chi connectivity index (χ2v) is 7.23. The van der Waals surface area contributed by atoms with Crippen LogP contribution in [0.1, 0.15) is 61.6 Å². The molecule has 4 nitrogen and oxygen atoms in total. The van der Waals surface area contributed by atoms with Crippen molar-refractivity contribution in [1.82, 2.24) is 0 Å². The van der Waals surface area contributed by atoms with Crippen LogP contribution in [0.4, 0.5) is 4.79 Å². The van der Waals surface area contributed by atoms with Gasteiger partial charge in [-0.1, -0.05) is 18.2 Å². The Morgan fingerprint density at radius 1 is 1.21 bits per heavy atom. The molecule has 4 rings (SSSR count). The predicted molar refractivity (Wildman–Crippen MR) is 91.9 cm³/mol. The van der Waals surface area contributed by atoms with Crippen molar-refractivity contribution in [3.63, 3.8) is 0 Å². The van der Waals surface area contributed by atoms with Gasteiger partial charge in [-0.25, -0.2) is 4.79 Å². The van der Waals surface area contributed by atoms with E-state index in [1.54, 1.807) is 13.8 Å². The van der Waals surface area contributed by atoms with Crippen LogP contribution in [-0.2, 0) is 4.74 Å². The van der Waals surface area contributed by atoms with E-state index in [0.29, 0.717) is 23.3 Å². The van der Waals surface area contributed by atoms with E-state index in [0.717, 1.165) is 46.7 Å². The Balaban J connectivity index is 1.95. The molecule has 2 aliphatic carbocycles. The monoisotopic (exact) mass is 326 g/mol. The first kappa shape index (κ1) is 15.3. The van der Waals surface area contributed by atoms with Gasteiger partial charge in [0.2, 0.25) is 0 Å². The molecule has 2 aromatic rings. The maximum Gasteiger partial charge on any atom is 0.514 e. The SMILES string of the molecule is Cc1cccc2c(O)c3c(c(OC(=O)OC(C)C)c12)C1CCC3C1. The lowest BCUT2D eigenvalue weighted by molar-refractivity contribution is 0.0729. The maximum absolute atomic E-state index is 12.2. The van der Waals surface area contributed by atoms with Crippen molar-refractivity contribution in [1.29, 1.82) is 0 Å². The Kier molecular flexibility index (Phi) is 3.44. The first-order valence-electron chi connectivity index (χ1n) is 8.63. The van der Waals surface area contributed by atoms with E-state index in [-0.39, 0.29) is 6.10 Å². The van der Waals surface area contributed by atoms with Crippen LogP contribution in [0.5, 0.6) is 11.5 Å². The second-order valence-electron chi connectivity index (χ2n) is 7.23. The number of hydrogen-bond donors (Lipinski definition) is 1. The smallest absolute Gasteiger partial charge is 0.507 e. The van der Waals surface area contributed by atoms with Crippen LogP contribution in [0.15, 0.2) is 18.2 Å². The summed E-state index contributed by atoms with van der Waals surface area (Å²) in [5, 5.41) is 12.4. The number of fused-ring (bicyclic) bond motifs is 6. The number of phenolic OH excluding ortho intramolecular Hbond substituents is 1. The predicted octanol–water partition coefficient (Wildman–Crippen LogP) is 5.14. The summed E-state index contributed by atoms with van der Waals surface area (Å²) < 4.78 is 10.9. The summed E-state index contributed by atoms with van der Waals surface area (Å²) in [5.41, 5.74) is 2.99. The molecule has 126 valence electrons. The fraction of sp³-hybridized carbons (Fsp3) is 0.450. The fourth-order valence-corrected chi connectivity index (χ4v) is 4.43. The molecule has 1 saturated carbocycles. The van der Waals surface area contributed by atoms with Crippen molar-refractivity contribution in [2.45, 2.75) is 58.0 Å². The second kappa shape index (κ2) is 5.40. The molecule has 1 N–H and O–H groups in total. The number of carbonyl (C=O) groups excluding carboxylic acids is 1. The first-order valence-corrected chi connectivity index (χ1v) is 8.63. The van der Waals surface area contributed by atoms with Gasteiger partial charge in [0, 0.05) is 21.9 Å². The molecule has 0 aromatic heterocycles. The van der Waals surface area contributed by atoms with Crippen LogP contribution < -0.4 is 4.74 Å². The van der Waals surface area contributed by atoms with Gasteiger partial charge in [-0.3, -0.25) is 0 Å². The normalized spacial score (nSPS) is 21.3. The highest BCUT2D eigenvalue weighted by molar-refractivity contribution is 6.00. The van der Waals surface area contributed by atoms with Crippen molar-refractivity contribution in [3.05, 3.63) is 34.9 Å². The molecule has 0 saturated heterocycles. The quantitative estimate of drug-likeness (QED) is 0.613. The van der Waals surface area contributed by atoms with Crippen LogP contribution in [0.3, 0.4) is 0 Å². The highest BCUT2D eigenvalue weighted by Gasteiger charge is 2.43. The molecule has 0 heterocycles.